The summed E-state index contributed by atoms with van der Waals surface area (Å²) < 4.78 is 33.5. The number of hydrogen-bond donors (Lipinski definition) is 10. The number of benzene rings is 2. The third-order valence-electron chi connectivity index (χ3n) is 9.46. The van der Waals surface area contributed by atoms with Gasteiger partial charge < -0.3 is 79.5 Å². The lowest BCUT2D eigenvalue weighted by Gasteiger charge is -2.49. The molecule has 0 unspecified atom stereocenters. The first kappa shape index (κ1) is 37.4. The summed E-state index contributed by atoms with van der Waals surface area (Å²) in [5, 5.41) is 102. The van der Waals surface area contributed by atoms with E-state index in [0.717, 1.165) is 0 Å². The molecule has 0 aromatic heterocycles. The van der Waals surface area contributed by atoms with Gasteiger partial charge in [-0.25, -0.2) is 0 Å². The molecule has 0 spiro atoms. The summed E-state index contributed by atoms with van der Waals surface area (Å²) in [6.45, 7) is -1.51. The van der Waals surface area contributed by atoms with Crippen molar-refractivity contribution in [3.05, 3.63) is 47.5 Å². The Bertz CT molecular complexity index is 1400. The van der Waals surface area contributed by atoms with Crippen LogP contribution in [0, 0.1) is 11.8 Å². The number of methoxy groups -OCH3 is 2. The molecule has 18 nitrogen and oxygen atoms in total. The molecule has 10 N–H and O–H groups in total. The maximum absolute atomic E-state index is 12.7. The predicted molar refractivity (Wildman–Crippen MR) is 163 cm³/mol. The van der Waals surface area contributed by atoms with Crippen LogP contribution in [0.3, 0.4) is 0 Å². The molecule has 2 aromatic rings. The van der Waals surface area contributed by atoms with E-state index in [-0.39, 0.29) is 34.1 Å². The first-order chi connectivity index (χ1) is 23.8. The Hall–Kier alpha value is -3.82. The van der Waals surface area contributed by atoms with E-state index < -0.39 is 110 Å². The maximum atomic E-state index is 12.7. The van der Waals surface area contributed by atoms with Gasteiger partial charge in [-0.15, -0.1) is 0 Å². The van der Waals surface area contributed by atoms with Crippen molar-refractivity contribution in [1.29, 1.82) is 0 Å². The van der Waals surface area contributed by atoms with E-state index in [1.165, 1.54) is 50.6 Å². The van der Waals surface area contributed by atoms with Crippen LogP contribution < -0.4 is 18.9 Å². The van der Waals surface area contributed by atoms with Crippen LogP contribution in [0.4, 0.5) is 0 Å². The minimum Gasteiger partial charge on any atom is -0.497 e. The third kappa shape index (κ3) is 6.79. The fourth-order valence-electron chi connectivity index (χ4n) is 6.75. The normalized spacial score (nSPS) is 36.9. The topological polar surface area (TPSA) is 292 Å². The minimum absolute atomic E-state index is 0.104. The highest BCUT2D eigenvalue weighted by Gasteiger charge is 2.60. The lowest BCUT2D eigenvalue weighted by atomic mass is 9.52. The molecule has 1 saturated carbocycles. The summed E-state index contributed by atoms with van der Waals surface area (Å²) in [4.78, 5) is 25.4. The number of ether oxygens (including phenoxy) is 6. The van der Waals surface area contributed by atoms with Gasteiger partial charge in [0.2, 0.25) is 12.6 Å². The van der Waals surface area contributed by atoms with Crippen LogP contribution >= 0.6 is 0 Å². The number of aliphatic carboxylic acids is 2. The molecule has 276 valence electrons. The van der Waals surface area contributed by atoms with E-state index >= 15 is 0 Å². The number of carbonyl (C=O) groups is 2. The van der Waals surface area contributed by atoms with Gasteiger partial charge in [0.1, 0.15) is 71.8 Å². The molecule has 0 bridgehead atoms. The van der Waals surface area contributed by atoms with Crippen molar-refractivity contribution >= 4 is 11.9 Å². The van der Waals surface area contributed by atoms with Crippen LogP contribution in [0.15, 0.2) is 36.4 Å². The van der Waals surface area contributed by atoms with E-state index in [1.807, 2.05) is 0 Å². The number of carboxylic acid groups (broad SMARTS) is 2. The third-order valence-corrected chi connectivity index (χ3v) is 9.46. The second kappa shape index (κ2) is 15.2. The highest BCUT2D eigenvalue weighted by atomic mass is 16.7. The number of aliphatic hydroxyl groups excluding tert-OH is 8. The Kier molecular flexibility index (Phi) is 11.4. The molecule has 3 fully saturated rings. The van der Waals surface area contributed by atoms with Crippen LogP contribution in [-0.2, 0) is 19.1 Å². The van der Waals surface area contributed by atoms with Crippen molar-refractivity contribution in [1.82, 2.24) is 0 Å². The zero-order valence-electron chi connectivity index (χ0n) is 26.7. The second-order valence-electron chi connectivity index (χ2n) is 12.2. The zero-order chi connectivity index (χ0) is 36.6. The van der Waals surface area contributed by atoms with E-state index in [2.05, 4.69) is 0 Å². The summed E-state index contributed by atoms with van der Waals surface area (Å²) in [7, 11) is 2.67. The number of aliphatic hydroxyl groups is 8. The smallest absolute Gasteiger partial charge is 0.308 e. The van der Waals surface area contributed by atoms with Crippen molar-refractivity contribution < 1.29 is 89.1 Å². The quantitative estimate of drug-likeness (QED) is 0.107. The van der Waals surface area contributed by atoms with Crippen LogP contribution in [0.1, 0.15) is 23.0 Å². The fourth-order valence-corrected chi connectivity index (χ4v) is 6.75. The maximum Gasteiger partial charge on any atom is 0.308 e. The molecule has 2 heterocycles. The molecule has 0 amide bonds. The van der Waals surface area contributed by atoms with Gasteiger partial charge in [-0.3, -0.25) is 9.59 Å². The van der Waals surface area contributed by atoms with Gasteiger partial charge in [-0.1, -0.05) is 12.1 Å². The van der Waals surface area contributed by atoms with E-state index in [1.54, 1.807) is 0 Å². The Morgan fingerprint density at radius 3 is 1.26 bits per heavy atom. The lowest BCUT2D eigenvalue weighted by molar-refractivity contribution is -0.277. The van der Waals surface area contributed by atoms with Gasteiger partial charge >= 0.3 is 11.9 Å². The summed E-state index contributed by atoms with van der Waals surface area (Å²) >= 11 is 0. The van der Waals surface area contributed by atoms with E-state index in [0.29, 0.717) is 0 Å². The first-order valence-electron chi connectivity index (χ1n) is 15.5. The molecule has 18 heteroatoms. The Balaban J connectivity index is 1.60. The Morgan fingerprint density at radius 1 is 0.600 bits per heavy atom. The molecular formula is C32H40O18. The average molecular weight is 713 g/mol. The van der Waals surface area contributed by atoms with Gasteiger partial charge in [0.05, 0.1) is 39.3 Å². The lowest BCUT2D eigenvalue weighted by Crippen LogP contribution is -2.60. The monoisotopic (exact) mass is 712 g/mol. The highest BCUT2D eigenvalue weighted by Crippen LogP contribution is 2.61. The minimum atomic E-state index is -1.84. The van der Waals surface area contributed by atoms with Crippen molar-refractivity contribution in [2.75, 3.05) is 27.4 Å². The van der Waals surface area contributed by atoms with Crippen molar-refractivity contribution in [2.45, 2.75) is 73.2 Å². The van der Waals surface area contributed by atoms with E-state index in [9.17, 15) is 60.7 Å². The van der Waals surface area contributed by atoms with Crippen molar-refractivity contribution in [3.8, 4) is 23.0 Å². The molecule has 2 saturated heterocycles. The fraction of sp³-hybridized carbons (Fsp3) is 0.562. The molecule has 50 heavy (non-hydrogen) atoms. The van der Waals surface area contributed by atoms with Crippen molar-refractivity contribution in [3.63, 3.8) is 0 Å². The number of carboxylic acids is 2. The van der Waals surface area contributed by atoms with Crippen LogP contribution in [0.25, 0.3) is 0 Å². The predicted octanol–water partition coefficient (Wildman–Crippen LogP) is -2.66. The first-order valence-corrected chi connectivity index (χ1v) is 15.5. The van der Waals surface area contributed by atoms with Crippen molar-refractivity contribution in [2.24, 2.45) is 11.8 Å². The van der Waals surface area contributed by atoms with Crippen LogP contribution in [0.2, 0.25) is 0 Å². The largest absolute Gasteiger partial charge is 0.497 e. The summed E-state index contributed by atoms with van der Waals surface area (Å²) in [5.41, 5.74) is 0.208. The average Bonchev–Trinajstić information content (AvgIpc) is 3.08. The molecule has 2 aromatic carbocycles. The number of rotatable bonds is 12. The van der Waals surface area contributed by atoms with Gasteiger partial charge in [-0.2, -0.15) is 0 Å². The second-order valence-corrected chi connectivity index (χ2v) is 12.2. The standard InChI is InChI=1S/C32H40O18/c1-45-11-3-5-13(15(7-11)47-31-27(39)25(37)23(35)17(9-33)49-31)19-20(22(30(43)44)21(19)29(41)42)14-6-4-12(46-2)8-16(14)48-32-28(40)26(38)24(36)18(10-34)50-32/h3-8,17-28,31-40H,9-10H2,1-2H3,(H,41,42)(H,43,44)/t17-,18-,19+,20+,21-,22+,23-,24-,25+,26+,27-,28-,31+,32+/m1/s1. The van der Waals surface area contributed by atoms with Gasteiger partial charge in [0.15, 0.2) is 0 Å². The van der Waals surface area contributed by atoms with Crippen LogP contribution in [-0.4, -0.2) is 152 Å². The molecule has 14 atom stereocenters. The molecule has 1 aliphatic carbocycles. The summed E-state index contributed by atoms with van der Waals surface area (Å²) in [5.74, 6) is -8.42. The Labute approximate surface area is 284 Å². The van der Waals surface area contributed by atoms with E-state index in [4.69, 9.17) is 28.4 Å². The van der Waals surface area contributed by atoms with Gasteiger partial charge in [-0.05, 0) is 23.3 Å². The SMILES string of the molecule is COc1ccc([C@@H]2[C@H](C(=O)O)[C@H](C(=O)O)[C@H]2c2ccc(OC)cc2O[C@H]2O[C@H](CO)[C@@H](O)[C@H](O)[C@H]2O)c(O[C@H]2O[C@H](CO)[C@@H](O)[C@H](O)[C@H]2O)c1. The summed E-state index contributed by atoms with van der Waals surface area (Å²) in [6.07, 6.45) is -16.7. The van der Waals surface area contributed by atoms with Gasteiger partial charge in [0, 0.05) is 24.0 Å². The Morgan fingerprint density at radius 2 is 0.960 bits per heavy atom. The molecule has 3 aliphatic rings. The zero-order valence-corrected chi connectivity index (χ0v) is 26.7. The molecule has 0 radical (unpaired) electrons. The molecule has 2 aliphatic heterocycles. The molecular weight excluding hydrogens is 672 g/mol. The number of hydrogen-bond acceptors (Lipinski definition) is 16. The van der Waals surface area contributed by atoms with Gasteiger partial charge in [0.25, 0.3) is 0 Å². The highest BCUT2D eigenvalue weighted by molar-refractivity contribution is 5.86. The molecule has 5 rings (SSSR count). The summed E-state index contributed by atoms with van der Waals surface area (Å²) in [6, 6.07) is 8.40. The van der Waals surface area contributed by atoms with Crippen LogP contribution in [0.5, 0.6) is 23.0 Å².